The van der Waals surface area contributed by atoms with Crippen LogP contribution in [0.2, 0.25) is 0 Å². The summed E-state index contributed by atoms with van der Waals surface area (Å²) in [6.07, 6.45) is 5.60. The first-order valence-corrected chi connectivity index (χ1v) is 11.7. The number of aryl methyl sites for hydroxylation is 1. The number of fused-ring (bicyclic) bond motifs is 1. The summed E-state index contributed by atoms with van der Waals surface area (Å²) in [6, 6.07) is 3.60. The standard InChI is InChI=1S/C21H21N3O4S2/c25-18(14-12-29-19(22-14)15-5-3-9-28-15)23-20-17(13-4-1-2-6-16(13)30-20)21(26)24-7-10-27-11-8-24/h3,5,9,12H,1-2,4,6-8,10-11H2,(H,23,25). The van der Waals surface area contributed by atoms with E-state index < -0.39 is 0 Å². The van der Waals surface area contributed by atoms with Crippen LogP contribution in [0.1, 0.15) is 44.1 Å². The molecule has 0 aromatic carbocycles. The average molecular weight is 444 g/mol. The van der Waals surface area contributed by atoms with Gasteiger partial charge in [-0.1, -0.05) is 0 Å². The lowest BCUT2D eigenvalue weighted by Gasteiger charge is -2.27. The highest BCUT2D eigenvalue weighted by Gasteiger charge is 2.30. The highest BCUT2D eigenvalue weighted by molar-refractivity contribution is 7.17. The van der Waals surface area contributed by atoms with Gasteiger partial charge >= 0.3 is 0 Å². The number of anilines is 1. The van der Waals surface area contributed by atoms with Crippen molar-refractivity contribution in [1.82, 2.24) is 9.88 Å². The molecule has 0 unspecified atom stereocenters. The fourth-order valence-electron chi connectivity index (χ4n) is 3.86. The molecule has 1 N–H and O–H groups in total. The molecule has 3 aromatic heterocycles. The Balaban J connectivity index is 1.43. The number of thiazole rings is 1. The summed E-state index contributed by atoms with van der Waals surface area (Å²) in [5.41, 5.74) is 2.08. The number of thiophene rings is 1. The number of aromatic nitrogens is 1. The van der Waals surface area contributed by atoms with Gasteiger partial charge < -0.3 is 19.4 Å². The topological polar surface area (TPSA) is 84.7 Å². The highest BCUT2D eigenvalue weighted by atomic mass is 32.1. The Hall–Kier alpha value is -2.49. The summed E-state index contributed by atoms with van der Waals surface area (Å²) in [4.78, 5) is 33.7. The summed E-state index contributed by atoms with van der Waals surface area (Å²) in [5, 5.41) is 5.98. The number of nitrogens with one attached hydrogen (secondary N) is 1. The predicted molar refractivity (Wildman–Crippen MR) is 115 cm³/mol. The van der Waals surface area contributed by atoms with Crippen LogP contribution in [-0.2, 0) is 17.6 Å². The molecule has 1 aliphatic heterocycles. The Morgan fingerprint density at radius 3 is 2.80 bits per heavy atom. The van der Waals surface area contributed by atoms with E-state index in [2.05, 4.69) is 10.3 Å². The van der Waals surface area contributed by atoms with Crippen LogP contribution in [0.5, 0.6) is 0 Å². The Morgan fingerprint density at radius 2 is 2.00 bits per heavy atom. The van der Waals surface area contributed by atoms with Gasteiger partial charge in [0, 0.05) is 23.3 Å². The molecule has 1 fully saturated rings. The van der Waals surface area contributed by atoms with Crippen LogP contribution in [0.4, 0.5) is 5.00 Å². The maximum absolute atomic E-state index is 13.3. The Morgan fingerprint density at radius 1 is 1.17 bits per heavy atom. The lowest BCUT2D eigenvalue weighted by molar-refractivity contribution is 0.0303. The number of amides is 2. The van der Waals surface area contributed by atoms with E-state index in [0.29, 0.717) is 53.3 Å². The number of furan rings is 1. The van der Waals surface area contributed by atoms with Crippen molar-refractivity contribution in [3.8, 4) is 10.8 Å². The maximum Gasteiger partial charge on any atom is 0.275 e. The van der Waals surface area contributed by atoms with E-state index in [4.69, 9.17) is 9.15 Å². The molecular formula is C21H21N3O4S2. The Kier molecular flexibility index (Phi) is 5.41. The van der Waals surface area contributed by atoms with Gasteiger partial charge in [0.05, 0.1) is 25.0 Å². The Bertz CT molecular complexity index is 1060. The monoisotopic (exact) mass is 443 g/mol. The first kappa shape index (κ1) is 19.5. The van der Waals surface area contributed by atoms with Crippen LogP contribution in [0.15, 0.2) is 28.2 Å². The highest BCUT2D eigenvalue weighted by Crippen LogP contribution is 2.39. The van der Waals surface area contributed by atoms with Crippen molar-refractivity contribution in [2.24, 2.45) is 0 Å². The summed E-state index contributed by atoms with van der Waals surface area (Å²) in [6.45, 7) is 2.26. The van der Waals surface area contributed by atoms with Crippen molar-refractivity contribution in [1.29, 1.82) is 0 Å². The summed E-state index contributed by atoms with van der Waals surface area (Å²) < 4.78 is 10.8. The van der Waals surface area contributed by atoms with Gasteiger partial charge in [-0.2, -0.15) is 0 Å². The lowest BCUT2D eigenvalue weighted by atomic mass is 9.95. The number of carbonyl (C=O) groups is 2. The minimum Gasteiger partial charge on any atom is -0.462 e. The molecule has 0 bridgehead atoms. The Labute approximate surface area is 181 Å². The van der Waals surface area contributed by atoms with Gasteiger partial charge in [0.1, 0.15) is 10.7 Å². The number of carbonyl (C=O) groups excluding carboxylic acids is 2. The molecule has 2 amide bonds. The van der Waals surface area contributed by atoms with Crippen LogP contribution >= 0.6 is 22.7 Å². The maximum atomic E-state index is 13.3. The normalized spacial score (nSPS) is 16.3. The smallest absolute Gasteiger partial charge is 0.275 e. The van der Waals surface area contributed by atoms with Gasteiger partial charge in [-0.15, -0.1) is 22.7 Å². The van der Waals surface area contributed by atoms with Crippen molar-refractivity contribution in [3.63, 3.8) is 0 Å². The SMILES string of the molecule is O=C(Nc1sc2c(c1C(=O)N1CCOCC1)CCCC2)c1csc(-c2ccco2)n1. The number of ether oxygens (including phenoxy) is 1. The van der Waals surface area contributed by atoms with Crippen LogP contribution < -0.4 is 5.32 Å². The molecule has 7 nitrogen and oxygen atoms in total. The third kappa shape index (κ3) is 3.68. The third-order valence-corrected chi connectivity index (χ3v) is 7.44. The predicted octanol–water partition coefficient (Wildman–Crippen LogP) is 4.07. The molecule has 1 aliphatic carbocycles. The van der Waals surface area contributed by atoms with E-state index in [1.54, 1.807) is 17.7 Å². The number of nitrogens with zero attached hydrogens (tertiary/aromatic N) is 2. The average Bonchev–Trinajstić information content (AvgIpc) is 3.52. The van der Waals surface area contributed by atoms with Crippen molar-refractivity contribution < 1.29 is 18.7 Å². The number of hydrogen-bond acceptors (Lipinski definition) is 7. The fraction of sp³-hybridized carbons (Fsp3) is 0.381. The van der Waals surface area contributed by atoms with E-state index in [1.807, 2.05) is 11.0 Å². The van der Waals surface area contributed by atoms with E-state index in [-0.39, 0.29) is 11.8 Å². The van der Waals surface area contributed by atoms with Gasteiger partial charge in [-0.25, -0.2) is 4.98 Å². The van der Waals surface area contributed by atoms with E-state index in [1.165, 1.54) is 27.6 Å². The summed E-state index contributed by atoms with van der Waals surface area (Å²) in [7, 11) is 0. The third-order valence-electron chi connectivity index (χ3n) is 5.38. The number of morpholine rings is 1. The zero-order chi connectivity index (χ0) is 20.5. The van der Waals surface area contributed by atoms with E-state index in [0.717, 1.165) is 31.2 Å². The van der Waals surface area contributed by atoms with Crippen LogP contribution in [-0.4, -0.2) is 48.0 Å². The second-order valence-corrected chi connectivity index (χ2v) is 9.25. The fourth-order valence-corrected chi connectivity index (χ4v) is 5.91. The zero-order valence-corrected chi connectivity index (χ0v) is 17.9. The van der Waals surface area contributed by atoms with Crippen molar-refractivity contribution in [2.75, 3.05) is 31.6 Å². The van der Waals surface area contributed by atoms with Gasteiger partial charge in [-0.3, -0.25) is 9.59 Å². The minimum atomic E-state index is -0.307. The summed E-state index contributed by atoms with van der Waals surface area (Å²) in [5.74, 6) is 0.315. The number of hydrogen-bond donors (Lipinski definition) is 1. The first-order valence-electron chi connectivity index (χ1n) is 10.0. The first-order chi connectivity index (χ1) is 14.7. The zero-order valence-electron chi connectivity index (χ0n) is 16.3. The molecule has 30 heavy (non-hydrogen) atoms. The van der Waals surface area contributed by atoms with Gasteiger partial charge in [0.2, 0.25) is 0 Å². The van der Waals surface area contributed by atoms with Crippen molar-refractivity contribution in [3.05, 3.63) is 45.5 Å². The molecule has 4 heterocycles. The number of rotatable bonds is 4. The molecule has 0 radical (unpaired) electrons. The van der Waals surface area contributed by atoms with E-state index >= 15 is 0 Å². The largest absolute Gasteiger partial charge is 0.462 e. The molecule has 156 valence electrons. The van der Waals surface area contributed by atoms with Gasteiger partial charge in [0.15, 0.2) is 10.8 Å². The second-order valence-electron chi connectivity index (χ2n) is 7.29. The van der Waals surface area contributed by atoms with Crippen molar-refractivity contribution >= 4 is 39.5 Å². The van der Waals surface area contributed by atoms with Crippen LogP contribution in [0, 0.1) is 0 Å². The molecule has 9 heteroatoms. The molecular weight excluding hydrogens is 422 g/mol. The molecule has 5 rings (SSSR count). The van der Waals surface area contributed by atoms with Gasteiger partial charge in [0.25, 0.3) is 11.8 Å². The molecule has 0 saturated carbocycles. The molecule has 1 saturated heterocycles. The summed E-state index contributed by atoms with van der Waals surface area (Å²) >= 11 is 2.88. The van der Waals surface area contributed by atoms with Crippen LogP contribution in [0.25, 0.3) is 10.8 Å². The van der Waals surface area contributed by atoms with Crippen LogP contribution in [0.3, 0.4) is 0 Å². The van der Waals surface area contributed by atoms with E-state index in [9.17, 15) is 9.59 Å². The molecule has 0 spiro atoms. The minimum absolute atomic E-state index is 0.0115. The van der Waals surface area contributed by atoms with Crippen molar-refractivity contribution in [2.45, 2.75) is 25.7 Å². The quantitative estimate of drug-likeness (QED) is 0.657. The second kappa shape index (κ2) is 8.33. The molecule has 2 aliphatic rings. The molecule has 0 atom stereocenters. The lowest BCUT2D eigenvalue weighted by Crippen LogP contribution is -2.41. The van der Waals surface area contributed by atoms with Gasteiger partial charge in [-0.05, 0) is 43.4 Å². The molecule has 3 aromatic rings.